The third-order valence-corrected chi connectivity index (χ3v) is 8.10. The molecule has 6 heteroatoms. The number of pyridine rings is 1. The number of carbonyl (C=O) groups is 1. The van der Waals surface area contributed by atoms with E-state index in [2.05, 4.69) is 23.3 Å². The Morgan fingerprint density at radius 2 is 2.03 bits per heavy atom. The molecule has 1 aromatic heterocycles. The van der Waals surface area contributed by atoms with Crippen molar-refractivity contribution in [3.8, 4) is 0 Å². The molecule has 3 N–H and O–H groups in total. The predicted molar refractivity (Wildman–Crippen MR) is 129 cm³/mol. The molecule has 0 unspecified atom stereocenters. The molecule has 1 heterocycles. The van der Waals surface area contributed by atoms with E-state index in [-0.39, 0.29) is 17.2 Å². The van der Waals surface area contributed by atoms with Crippen molar-refractivity contribution in [1.29, 1.82) is 0 Å². The number of likely N-dealkylation sites (N-methyl/N-ethyl adjacent to an activating group) is 1. The van der Waals surface area contributed by atoms with Crippen LogP contribution in [0.2, 0.25) is 0 Å². The van der Waals surface area contributed by atoms with Crippen LogP contribution in [0.3, 0.4) is 0 Å². The second-order valence-corrected chi connectivity index (χ2v) is 10.4. The van der Waals surface area contributed by atoms with Gasteiger partial charge in [0, 0.05) is 30.3 Å². The Kier molecular flexibility index (Phi) is 6.38. The molecule has 2 aliphatic carbocycles. The summed E-state index contributed by atoms with van der Waals surface area (Å²) in [4.78, 5) is 19.1. The number of hydrogen-bond acceptors (Lipinski definition) is 5. The fraction of sp³-hybridized carbons (Fsp3) is 0.556. The number of amides is 1. The largest absolute Gasteiger partial charge is 0.387 e. The first-order chi connectivity index (χ1) is 15.6. The van der Waals surface area contributed by atoms with Crippen molar-refractivity contribution in [1.82, 2.24) is 15.2 Å². The molecule has 2 aliphatic rings. The molecular formula is C27H37N3O3. The Morgan fingerprint density at radius 1 is 1.24 bits per heavy atom. The first-order valence-corrected chi connectivity index (χ1v) is 12.1. The second kappa shape index (κ2) is 8.82. The van der Waals surface area contributed by atoms with Crippen LogP contribution in [0.4, 0.5) is 0 Å². The van der Waals surface area contributed by atoms with E-state index >= 15 is 0 Å². The van der Waals surface area contributed by atoms with Gasteiger partial charge in [-0.3, -0.25) is 9.78 Å². The molecule has 4 rings (SSSR count). The molecule has 0 spiro atoms. The van der Waals surface area contributed by atoms with Gasteiger partial charge in [-0.15, -0.1) is 0 Å². The third kappa shape index (κ3) is 4.09. The van der Waals surface area contributed by atoms with Gasteiger partial charge in [0.2, 0.25) is 0 Å². The molecule has 0 bridgehead atoms. The molecule has 178 valence electrons. The van der Waals surface area contributed by atoms with Gasteiger partial charge < -0.3 is 20.4 Å². The van der Waals surface area contributed by atoms with Crippen LogP contribution in [-0.2, 0) is 17.4 Å². The summed E-state index contributed by atoms with van der Waals surface area (Å²) in [5.74, 6) is 0.175. The highest BCUT2D eigenvalue weighted by atomic mass is 16.4. The quantitative estimate of drug-likeness (QED) is 0.629. The van der Waals surface area contributed by atoms with Crippen molar-refractivity contribution < 1.29 is 15.0 Å². The number of nitrogens with zero attached hydrogens (tertiary/aromatic N) is 2. The molecule has 4 atom stereocenters. The minimum atomic E-state index is -1.39. The molecule has 6 nitrogen and oxygen atoms in total. The molecule has 1 amide bonds. The molecule has 0 radical (unpaired) electrons. The average Bonchev–Trinajstić information content (AvgIpc) is 2.79. The number of aromatic nitrogens is 1. The molecular weight excluding hydrogens is 414 g/mol. The van der Waals surface area contributed by atoms with E-state index in [1.165, 1.54) is 11.1 Å². The van der Waals surface area contributed by atoms with E-state index in [0.717, 1.165) is 25.8 Å². The Balaban J connectivity index is 1.65. The van der Waals surface area contributed by atoms with Crippen LogP contribution in [0, 0.1) is 5.92 Å². The molecule has 1 saturated carbocycles. The maximum Gasteiger partial charge on any atom is 0.251 e. The van der Waals surface area contributed by atoms with E-state index in [1.54, 1.807) is 13.1 Å². The molecule has 0 saturated heterocycles. The van der Waals surface area contributed by atoms with Gasteiger partial charge in [-0.1, -0.05) is 19.1 Å². The van der Waals surface area contributed by atoms with E-state index in [4.69, 9.17) is 0 Å². The Bertz CT molecular complexity index is 1010. The normalized spacial score (nSPS) is 31.1. The third-order valence-electron chi connectivity index (χ3n) is 8.10. The molecule has 1 fully saturated rings. The van der Waals surface area contributed by atoms with Gasteiger partial charge in [0.1, 0.15) is 5.60 Å². The van der Waals surface area contributed by atoms with Crippen LogP contribution in [0.5, 0.6) is 0 Å². The zero-order valence-electron chi connectivity index (χ0n) is 20.3. The summed E-state index contributed by atoms with van der Waals surface area (Å²) in [5.41, 5.74) is 0.672. The maximum absolute atomic E-state index is 12.7. The van der Waals surface area contributed by atoms with Gasteiger partial charge in [-0.25, -0.2) is 0 Å². The lowest BCUT2D eigenvalue weighted by Crippen LogP contribution is -2.62. The number of rotatable bonds is 6. The molecule has 0 aliphatic heterocycles. The fourth-order valence-corrected chi connectivity index (χ4v) is 6.21. The van der Waals surface area contributed by atoms with Gasteiger partial charge in [0.05, 0.1) is 11.3 Å². The number of benzene rings is 1. The first-order valence-electron chi connectivity index (χ1n) is 12.1. The van der Waals surface area contributed by atoms with Crippen molar-refractivity contribution >= 4 is 5.91 Å². The van der Waals surface area contributed by atoms with Crippen LogP contribution in [0.15, 0.2) is 42.6 Å². The summed E-state index contributed by atoms with van der Waals surface area (Å²) in [6.45, 7) is 5.33. The number of hydrogen-bond donors (Lipinski definition) is 3. The number of nitrogens with one attached hydrogen (secondary N) is 1. The van der Waals surface area contributed by atoms with Gasteiger partial charge in [0.25, 0.3) is 5.91 Å². The van der Waals surface area contributed by atoms with Crippen LogP contribution in [0.1, 0.15) is 66.7 Å². The second-order valence-electron chi connectivity index (χ2n) is 10.4. The van der Waals surface area contributed by atoms with Crippen molar-refractivity contribution in [3.63, 3.8) is 0 Å². The SMILES string of the molecule is CC[C@@]12C[C@@](C)(O)[C@](O)(c3ccccn3)C[C@H]1CCc1cc(C(=O)NCCN(C)C)ccc12. The van der Waals surface area contributed by atoms with E-state index in [1.807, 2.05) is 49.3 Å². The predicted octanol–water partition coefficient (Wildman–Crippen LogP) is 3.02. The highest BCUT2D eigenvalue weighted by Gasteiger charge is 2.61. The number of carbonyl (C=O) groups excluding carboxylic acids is 1. The van der Waals surface area contributed by atoms with Crippen molar-refractivity contribution in [3.05, 3.63) is 65.0 Å². The minimum absolute atomic E-state index is 0.0486. The fourth-order valence-electron chi connectivity index (χ4n) is 6.21. The van der Waals surface area contributed by atoms with Gasteiger partial charge >= 0.3 is 0 Å². The zero-order chi connectivity index (χ0) is 23.9. The van der Waals surface area contributed by atoms with Gasteiger partial charge in [0.15, 0.2) is 0 Å². The minimum Gasteiger partial charge on any atom is -0.387 e. The smallest absolute Gasteiger partial charge is 0.251 e. The monoisotopic (exact) mass is 451 g/mol. The van der Waals surface area contributed by atoms with Crippen molar-refractivity contribution in [2.24, 2.45) is 5.92 Å². The van der Waals surface area contributed by atoms with Crippen LogP contribution >= 0.6 is 0 Å². The Labute approximate surface area is 197 Å². The van der Waals surface area contributed by atoms with Crippen LogP contribution < -0.4 is 5.32 Å². The van der Waals surface area contributed by atoms with Crippen molar-refractivity contribution in [2.75, 3.05) is 27.2 Å². The highest BCUT2D eigenvalue weighted by Crippen LogP contribution is 2.59. The Hall–Kier alpha value is -2.28. The lowest BCUT2D eigenvalue weighted by Gasteiger charge is -2.58. The highest BCUT2D eigenvalue weighted by molar-refractivity contribution is 5.94. The lowest BCUT2D eigenvalue weighted by molar-refractivity contribution is -0.207. The summed E-state index contributed by atoms with van der Waals surface area (Å²) in [6, 6.07) is 11.5. The summed E-state index contributed by atoms with van der Waals surface area (Å²) in [5, 5.41) is 26.4. The standard InChI is InChI=1S/C27H37N3O3/c1-5-26-18-25(2,32)27(33,23-8-6-7-13-28-23)17-21(26)11-9-19-16-20(10-12-22(19)26)24(31)29-14-15-30(3)4/h6-8,10,12-13,16,21,32-33H,5,9,11,14-15,17-18H2,1-4H3,(H,29,31)/t21-,25-,26-,27-/m1/s1. The van der Waals surface area contributed by atoms with E-state index < -0.39 is 11.2 Å². The van der Waals surface area contributed by atoms with Crippen LogP contribution in [0.25, 0.3) is 0 Å². The summed E-state index contributed by atoms with van der Waals surface area (Å²) >= 11 is 0. The Morgan fingerprint density at radius 3 is 2.70 bits per heavy atom. The van der Waals surface area contributed by atoms with Gasteiger partial charge in [-0.2, -0.15) is 0 Å². The summed E-state index contributed by atoms with van der Waals surface area (Å²) in [7, 11) is 3.97. The van der Waals surface area contributed by atoms with Crippen molar-refractivity contribution in [2.45, 2.75) is 62.6 Å². The van der Waals surface area contributed by atoms with Crippen LogP contribution in [-0.4, -0.2) is 58.8 Å². The first kappa shape index (κ1) is 23.9. The topological polar surface area (TPSA) is 85.7 Å². The van der Waals surface area contributed by atoms with E-state index in [0.29, 0.717) is 30.6 Å². The molecule has 2 aromatic rings. The summed E-state index contributed by atoms with van der Waals surface area (Å²) in [6.07, 6.45) is 5.24. The number of fused-ring (bicyclic) bond motifs is 3. The summed E-state index contributed by atoms with van der Waals surface area (Å²) < 4.78 is 0. The zero-order valence-corrected chi connectivity index (χ0v) is 20.3. The van der Waals surface area contributed by atoms with Gasteiger partial charge in [-0.05, 0) is 94.4 Å². The lowest BCUT2D eigenvalue weighted by atomic mass is 9.49. The molecule has 33 heavy (non-hydrogen) atoms. The molecule has 1 aromatic carbocycles. The number of aryl methyl sites for hydroxylation is 1. The average molecular weight is 452 g/mol. The maximum atomic E-state index is 12.7. The number of aliphatic hydroxyl groups is 2. The van der Waals surface area contributed by atoms with E-state index in [9.17, 15) is 15.0 Å².